The van der Waals surface area contributed by atoms with E-state index in [4.69, 9.17) is 5.73 Å². The topological polar surface area (TPSA) is 29.3 Å². The second-order valence-electron chi connectivity index (χ2n) is 6.63. The normalized spacial score (nSPS) is 26.9. The number of nitrogens with two attached hydrogens (primary N) is 1. The van der Waals surface area contributed by atoms with E-state index in [1.807, 2.05) is 0 Å². The number of likely N-dealkylation sites (N-methyl/N-ethyl adjacent to an activating group) is 1. The summed E-state index contributed by atoms with van der Waals surface area (Å²) in [6, 6.07) is 8.83. The van der Waals surface area contributed by atoms with E-state index in [2.05, 4.69) is 50.1 Å². The molecule has 0 saturated heterocycles. The van der Waals surface area contributed by atoms with Crippen molar-refractivity contribution in [1.29, 1.82) is 0 Å². The Balaban J connectivity index is 2.04. The number of rotatable bonds is 5. The Bertz CT molecular complexity index is 419. The predicted molar refractivity (Wildman–Crippen MR) is 86.7 cm³/mol. The zero-order chi connectivity index (χ0) is 14.6. The van der Waals surface area contributed by atoms with Crippen molar-refractivity contribution in [2.75, 3.05) is 13.6 Å². The van der Waals surface area contributed by atoms with Gasteiger partial charge in [-0.2, -0.15) is 0 Å². The van der Waals surface area contributed by atoms with Crippen LogP contribution in [0.2, 0.25) is 0 Å². The summed E-state index contributed by atoms with van der Waals surface area (Å²) in [5.74, 6) is 0.919. The highest BCUT2D eigenvalue weighted by Crippen LogP contribution is 2.37. The van der Waals surface area contributed by atoms with Gasteiger partial charge in [0, 0.05) is 18.6 Å². The molecule has 0 aromatic heterocycles. The van der Waals surface area contributed by atoms with Crippen LogP contribution in [-0.2, 0) is 6.54 Å². The van der Waals surface area contributed by atoms with Gasteiger partial charge < -0.3 is 5.73 Å². The fourth-order valence-electron chi connectivity index (χ4n) is 3.62. The SMILES string of the molecule is CCC1CCC(CN)(N(C)Cc2cccc(C)c2)CC1. The molecule has 0 bridgehead atoms. The Hall–Kier alpha value is -0.860. The quantitative estimate of drug-likeness (QED) is 0.886. The van der Waals surface area contributed by atoms with Crippen molar-refractivity contribution in [1.82, 2.24) is 4.90 Å². The van der Waals surface area contributed by atoms with E-state index < -0.39 is 0 Å². The molecule has 0 amide bonds. The van der Waals surface area contributed by atoms with Crippen LogP contribution in [0.15, 0.2) is 24.3 Å². The summed E-state index contributed by atoms with van der Waals surface area (Å²) < 4.78 is 0. The molecule has 2 rings (SSSR count). The molecule has 1 aliphatic rings. The van der Waals surface area contributed by atoms with Crippen LogP contribution in [0, 0.1) is 12.8 Å². The lowest BCUT2D eigenvalue weighted by molar-refractivity contribution is 0.0579. The third-order valence-electron chi connectivity index (χ3n) is 5.31. The molecule has 1 aromatic carbocycles. The van der Waals surface area contributed by atoms with Crippen molar-refractivity contribution in [2.24, 2.45) is 11.7 Å². The van der Waals surface area contributed by atoms with Gasteiger partial charge in [0.1, 0.15) is 0 Å². The molecule has 112 valence electrons. The molecule has 2 nitrogen and oxygen atoms in total. The highest BCUT2D eigenvalue weighted by atomic mass is 15.2. The Morgan fingerprint density at radius 3 is 2.55 bits per heavy atom. The fraction of sp³-hybridized carbons (Fsp3) is 0.667. The van der Waals surface area contributed by atoms with Gasteiger partial charge >= 0.3 is 0 Å². The summed E-state index contributed by atoms with van der Waals surface area (Å²) in [4.78, 5) is 2.51. The second kappa shape index (κ2) is 6.73. The molecule has 0 heterocycles. The van der Waals surface area contributed by atoms with Crippen LogP contribution in [0.1, 0.15) is 50.2 Å². The lowest BCUT2D eigenvalue weighted by Crippen LogP contribution is -2.53. The summed E-state index contributed by atoms with van der Waals surface area (Å²) in [5.41, 5.74) is 9.13. The minimum absolute atomic E-state index is 0.218. The molecule has 1 fully saturated rings. The van der Waals surface area contributed by atoms with Crippen molar-refractivity contribution >= 4 is 0 Å². The predicted octanol–water partition coefficient (Wildman–Crippen LogP) is 3.72. The van der Waals surface area contributed by atoms with Crippen LogP contribution < -0.4 is 5.73 Å². The van der Waals surface area contributed by atoms with E-state index in [1.165, 1.54) is 43.2 Å². The first-order valence-electron chi connectivity index (χ1n) is 8.06. The number of hydrogen-bond donors (Lipinski definition) is 1. The monoisotopic (exact) mass is 274 g/mol. The maximum Gasteiger partial charge on any atom is 0.0332 e. The summed E-state index contributed by atoms with van der Waals surface area (Å²) in [7, 11) is 2.25. The smallest absolute Gasteiger partial charge is 0.0332 e. The number of aryl methyl sites for hydroxylation is 1. The first kappa shape index (κ1) is 15.5. The molecule has 0 spiro atoms. The summed E-state index contributed by atoms with van der Waals surface area (Å²) in [6.45, 7) is 6.27. The zero-order valence-corrected chi connectivity index (χ0v) is 13.4. The minimum Gasteiger partial charge on any atom is -0.329 e. The first-order valence-corrected chi connectivity index (χ1v) is 8.06. The van der Waals surface area contributed by atoms with Gasteiger partial charge in [-0.25, -0.2) is 0 Å². The van der Waals surface area contributed by atoms with Crippen LogP contribution in [0.25, 0.3) is 0 Å². The molecule has 1 aliphatic carbocycles. The number of hydrogen-bond acceptors (Lipinski definition) is 2. The molecule has 0 atom stereocenters. The van der Waals surface area contributed by atoms with Crippen LogP contribution in [-0.4, -0.2) is 24.0 Å². The molecule has 1 aromatic rings. The molecule has 0 radical (unpaired) electrons. The molecule has 2 heteroatoms. The van der Waals surface area contributed by atoms with E-state index in [0.717, 1.165) is 19.0 Å². The summed E-state index contributed by atoms with van der Waals surface area (Å²) >= 11 is 0. The van der Waals surface area contributed by atoms with Gasteiger partial charge in [0.2, 0.25) is 0 Å². The Morgan fingerprint density at radius 1 is 1.30 bits per heavy atom. The maximum atomic E-state index is 6.17. The van der Waals surface area contributed by atoms with Gasteiger partial charge in [0.25, 0.3) is 0 Å². The van der Waals surface area contributed by atoms with Crippen molar-refractivity contribution in [3.05, 3.63) is 35.4 Å². The average Bonchev–Trinajstić information content (AvgIpc) is 2.47. The van der Waals surface area contributed by atoms with Crippen molar-refractivity contribution in [2.45, 2.75) is 58.0 Å². The molecule has 20 heavy (non-hydrogen) atoms. The Morgan fingerprint density at radius 2 is 2.00 bits per heavy atom. The van der Waals surface area contributed by atoms with E-state index >= 15 is 0 Å². The molecule has 2 N–H and O–H groups in total. The van der Waals surface area contributed by atoms with Crippen molar-refractivity contribution in [3.63, 3.8) is 0 Å². The van der Waals surface area contributed by atoms with Gasteiger partial charge in [-0.3, -0.25) is 4.90 Å². The van der Waals surface area contributed by atoms with Crippen molar-refractivity contribution in [3.8, 4) is 0 Å². The number of nitrogens with zero attached hydrogens (tertiary/aromatic N) is 1. The van der Waals surface area contributed by atoms with Crippen LogP contribution >= 0.6 is 0 Å². The minimum atomic E-state index is 0.218. The molecule has 1 saturated carbocycles. The van der Waals surface area contributed by atoms with E-state index in [-0.39, 0.29) is 5.54 Å². The fourth-order valence-corrected chi connectivity index (χ4v) is 3.62. The van der Waals surface area contributed by atoms with Gasteiger partial charge in [-0.15, -0.1) is 0 Å². The van der Waals surface area contributed by atoms with E-state index in [9.17, 15) is 0 Å². The lowest BCUT2D eigenvalue weighted by atomic mass is 9.74. The highest BCUT2D eigenvalue weighted by molar-refractivity contribution is 5.22. The standard InChI is InChI=1S/C18H30N2/c1-4-16-8-10-18(14-19,11-9-16)20(3)13-17-7-5-6-15(2)12-17/h5-7,12,16H,4,8-11,13-14,19H2,1-3H3. The van der Waals surface area contributed by atoms with Crippen LogP contribution in [0.3, 0.4) is 0 Å². The maximum absolute atomic E-state index is 6.17. The Labute approximate surface area is 124 Å². The van der Waals surface area contributed by atoms with E-state index in [1.54, 1.807) is 0 Å². The van der Waals surface area contributed by atoms with Crippen molar-refractivity contribution < 1.29 is 0 Å². The van der Waals surface area contributed by atoms with E-state index in [0.29, 0.717) is 0 Å². The second-order valence-corrected chi connectivity index (χ2v) is 6.63. The largest absolute Gasteiger partial charge is 0.329 e. The van der Waals surface area contributed by atoms with Gasteiger partial charge in [-0.05, 0) is 51.1 Å². The third-order valence-corrected chi connectivity index (χ3v) is 5.31. The average molecular weight is 274 g/mol. The molecular weight excluding hydrogens is 244 g/mol. The number of benzene rings is 1. The highest BCUT2D eigenvalue weighted by Gasteiger charge is 2.36. The molecule has 0 unspecified atom stereocenters. The molecular formula is C18H30N2. The van der Waals surface area contributed by atoms with Crippen LogP contribution in [0.4, 0.5) is 0 Å². The Kier molecular flexibility index (Phi) is 5.22. The van der Waals surface area contributed by atoms with Crippen LogP contribution in [0.5, 0.6) is 0 Å². The van der Waals surface area contributed by atoms with Gasteiger partial charge in [-0.1, -0.05) is 43.2 Å². The first-order chi connectivity index (χ1) is 9.59. The molecule has 0 aliphatic heterocycles. The summed E-state index contributed by atoms with van der Waals surface area (Å²) in [5, 5.41) is 0. The summed E-state index contributed by atoms with van der Waals surface area (Å²) in [6.07, 6.45) is 6.51. The van der Waals surface area contributed by atoms with Gasteiger partial charge in [0.15, 0.2) is 0 Å². The van der Waals surface area contributed by atoms with Gasteiger partial charge in [0.05, 0.1) is 0 Å². The zero-order valence-electron chi connectivity index (χ0n) is 13.4. The lowest BCUT2D eigenvalue weighted by Gasteiger charge is -2.46. The third kappa shape index (κ3) is 3.42.